The highest BCUT2D eigenvalue weighted by atomic mass is 14.2. The summed E-state index contributed by atoms with van der Waals surface area (Å²) in [6.07, 6.45) is 0. The molecule has 0 fully saturated rings. The van der Waals surface area contributed by atoms with E-state index in [4.69, 9.17) is 0 Å². The lowest BCUT2D eigenvalue weighted by Crippen LogP contribution is -1.91. The molecule has 33 heavy (non-hydrogen) atoms. The molecule has 0 aliphatic rings. The second-order valence-corrected chi connectivity index (χ2v) is 8.77. The van der Waals surface area contributed by atoms with Gasteiger partial charge in [0, 0.05) is 0 Å². The predicted octanol–water partition coefficient (Wildman–Crippen LogP) is 9.73. The Morgan fingerprint density at radius 1 is 0.394 bits per heavy atom. The van der Waals surface area contributed by atoms with Gasteiger partial charge in [0.05, 0.1) is 0 Å². The van der Waals surface area contributed by atoms with E-state index in [1.165, 1.54) is 65.7 Å². The maximum Gasteiger partial charge on any atom is -0.00261 e. The summed E-state index contributed by atoms with van der Waals surface area (Å²) in [5.74, 6) is 0. The summed E-state index contributed by atoms with van der Waals surface area (Å²) < 4.78 is 0. The van der Waals surface area contributed by atoms with Crippen molar-refractivity contribution in [2.24, 2.45) is 0 Å². The van der Waals surface area contributed by atoms with Crippen LogP contribution in [0, 0.1) is 13.8 Å². The minimum Gasteiger partial charge on any atom is -0.0776 e. The van der Waals surface area contributed by atoms with Crippen LogP contribution >= 0.6 is 0 Å². The van der Waals surface area contributed by atoms with E-state index < -0.39 is 0 Å². The third-order valence-corrected chi connectivity index (χ3v) is 6.57. The van der Waals surface area contributed by atoms with E-state index in [1.54, 1.807) is 0 Å². The van der Waals surface area contributed by atoms with Crippen LogP contribution in [0.3, 0.4) is 0 Å². The van der Waals surface area contributed by atoms with Crippen LogP contribution in [0.1, 0.15) is 18.6 Å². The highest BCUT2D eigenvalue weighted by Gasteiger charge is 2.17. The number of hydrogen-bond acceptors (Lipinski definition) is 0. The fourth-order valence-corrected chi connectivity index (χ4v) is 4.93. The molecule has 0 saturated carbocycles. The van der Waals surface area contributed by atoms with Gasteiger partial charge in [-0.25, -0.2) is 0 Å². The maximum atomic E-state index is 2.38. The zero-order chi connectivity index (χ0) is 21.7. The van der Waals surface area contributed by atoms with Crippen LogP contribution in [0.25, 0.3) is 54.6 Å². The van der Waals surface area contributed by atoms with E-state index in [0.717, 1.165) is 0 Å². The molecule has 160 valence electrons. The van der Waals surface area contributed by atoms with Crippen molar-refractivity contribution in [3.63, 3.8) is 0 Å². The molecule has 0 N–H and O–H groups in total. The van der Waals surface area contributed by atoms with Crippen LogP contribution < -0.4 is 0 Å². The molecule has 0 aliphatic carbocycles. The summed E-state index contributed by atoms with van der Waals surface area (Å²) in [6, 6.07) is 40.2. The predicted molar refractivity (Wildman–Crippen MR) is 146 cm³/mol. The Hall–Kier alpha value is -3.90. The molecule has 0 saturated heterocycles. The summed E-state index contributed by atoms with van der Waals surface area (Å²) in [4.78, 5) is 0. The first-order valence-corrected chi connectivity index (χ1v) is 11.2. The lowest BCUT2D eigenvalue weighted by atomic mass is 9.84. The van der Waals surface area contributed by atoms with Gasteiger partial charge in [0.1, 0.15) is 0 Å². The third-order valence-electron chi connectivity index (χ3n) is 6.57. The van der Waals surface area contributed by atoms with Gasteiger partial charge in [0.25, 0.3) is 0 Å². The fraction of sp³-hybridized carbons (Fsp3) is 0.0909. The van der Waals surface area contributed by atoms with Gasteiger partial charge >= 0.3 is 0 Å². The average Bonchev–Trinajstić information content (AvgIpc) is 2.83. The Morgan fingerprint density at radius 2 is 0.758 bits per heavy atom. The topological polar surface area (TPSA) is 0 Å². The van der Waals surface area contributed by atoms with Crippen molar-refractivity contribution in [3.05, 3.63) is 120 Å². The standard InChI is InChI=1S/C32H24.CH4/c1-21-11-15-23(16-12-21)31-27-9-5-6-10-28(27)32(24-17-13-22(2)14-18-24)30-20-26-8-4-3-7-25(26)19-29(30)31;/h3-20H,1-2H3;1H4. The van der Waals surface area contributed by atoms with Crippen molar-refractivity contribution >= 4 is 32.3 Å². The summed E-state index contributed by atoms with van der Waals surface area (Å²) in [5.41, 5.74) is 7.73. The van der Waals surface area contributed by atoms with Crippen molar-refractivity contribution < 1.29 is 0 Å². The molecule has 6 aromatic carbocycles. The minimum absolute atomic E-state index is 0. The molecule has 0 atom stereocenters. The van der Waals surface area contributed by atoms with Gasteiger partial charge in [-0.15, -0.1) is 0 Å². The molecule has 0 unspecified atom stereocenters. The van der Waals surface area contributed by atoms with Crippen molar-refractivity contribution in [3.8, 4) is 22.3 Å². The zero-order valence-electron chi connectivity index (χ0n) is 18.4. The molecule has 0 bridgehead atoms. The smallest absolute Gasteiger partial charge is 0.00261 e. The highest BCUT2D eigenvalue weighted by Crippen LogP contribution is 2.44. The van der Waals surface area contributed by atoms with Gasteiger partial charge in [-0.2, -0.15) is 0 Å². The lowest BCUT2D eigenvalue weighted by Gasteiger charge is -2.19. The van der Waals surface area contributed by atoms with E-state index in [0.29, 0.717) is 0 Å². The van der Waals surface area contributed by atoms with Gasteiger partial charge in [-0.05, 0) is 80.6 Å². The first-order valence-electron chi connectivity index (χ1n) is 11.2. The fourth-order valence-electron chi connectivity index (χ4n) is 4.93. The van der Waals surface area contributed by atoms with Crippen LogP contribution in [-0.2, 0) is 0 Å². The molecule has 0 radical (unpaired) electrons. The van der Waals surface area contributed by atoms with E-state index in [9.17, 15) is 0 Å². The summed E-state index contributed by atoms with van der Waals surface area (Å²) in [5, 5.41) is 7.77. The quantitative estimate of drug-likeness (QED) is 0.243. The van der Waals surface area contributed by atoms with Crippen LogP contribution in [0.2, 0.25) is 0 Å². The number of rotatable bonds is 2. The van der Waals surface area contributed by atoms with Crippen LogP contribution in [0.5, 0.6) is 0 Å². The first-order chi connectivity index (χ1) is 15.7. The molecule has 0 amide bonds. The second kappa shape index (κ2) is 8.22. The third kappa shape index (κ3) is 3.49. The van der Waals surface area contributed by atoms with E-state index in [-0.39, 0.29) is 7.43 Å². The largest absolute Gasteiger partial charge is 0.0776 e. The Kier molecular flexibility index (Phi) is 5.23. The van der Waals surface area contributed by atoms with Crippen molar-refractivity contribution in [1.82, 2.24) is 0 Å². The molecule has 0 aromatic heterocycles. The van der Waals surface area contributed by atoms with Crippen LogP contribution in [0.4, 0.5) is 0 Å². The zero-order valence-corrected chi connectivity index (χ0v) is 18.4. The molecule has 0 spiro atoms. The van der Waals surface area contributed by atoms with Crippen molar-refractivity contribution in [1.29, 1.82) is 0 Å². The van der Waals surface area contributed by atoms with Gasteiger partial charge < -0.3 is 0 Å². The molecule has 0 aliphatic heterocycles. The minimum atomic E-state index is 0. The number of aryl methyl sites for hydroxylation is 2. The van der Waals surface area contributed by atoms with Crippen LogP contribution in [-0.4, -0.2) is 0 Å². The van der Waals surface area contributed by atoms with Gasteiger partial charge in [-0.1, -0.05) is 116 Å². The number of fused-ring (bicyclic) bond motifs is 3. The molecule has 0 heteroatoms. The Labute approximate surface area is 196 Å². The first kappa shape index (κ1) is 21.0. The summed E-state index contributed by atoms with van der Waals surface area (Å²) in [7, 11) is 0. The molecule has 0 heterocycles. The Morgan fingerprint density at radius 3 is 1.15 bits per heavy atom. The monoisotopic (exact) mass is 424 g/mol. The normalized spacial score (nSPS) is 11.1. The molecular formula is C33H28. The van der Waals surface area contributed by atoms with E-state index in [1.807, 2.05) is 0 Å². The summed E-state index contributed by atoms with van der Waals surface area (Å²) in [6.45, 7) is 4.29. The number of benzene rings is 6. The highest BCUT2D eigenvalue weighted by molar-refractivity contribution is 6.23. The van der Waals surface area contributed by atoms with E-state index >= 15 is 0 Å². The van der Waals surface area contributed by atoms with Crippen molar-refractivity contribution in [2.45, 2.75) is 21.3 Å². The second-order valence-electron chi connectivity index (χ2n) is 8.77. The van der Waals surface area contributed by atoms with E-state index in [2.05, 4.69) is 123 Å². The summed E-state index contributed by atoms with van der Waals surface area (Å²) >= 11 is 0. The number of hydrogen-bond donors (Lipinski definition) is 0. The SMILES string of the molecule is C.Cc1ccc(-c2c3ccccc3c(-c3ccc(C)cc3)c3cc4ccccc4cc23)cc1. The Bertz CT molecular complexity index is 1480. The van der Waals surface area contributed by atoms with Crippen molar-refractivity contribution in [2.75, 3.05) is 0 Å². The van der Waals surface area contributed by atoms with Gasteiger partial charge in [0.2, 0.25) is 0 Å². The molecular weight excluding hydrogens is 396 g/mol. The average molecular weight is 425 g/mol. The van der Waals surface area contributed by atoms with Gasteiger partial charge in [-0.3, -0.25) is 0 Å². The molecule has 6 rings (SSSR count). The lowest BCUT2D eigenvalue weighted by molar-refractivity contribution is 1.47. The molecule has 6 aromatic rings. The Balaban J connectivity index is 0.00000228. The molecule has 0 nitrogen and oxygen atoms in total. The maximum absolute atomic E-state index is 2.38. The van der Waals surface area contributed by atoms with Gasteiger partial charge in [0.15, 0.2) is 0 Å². The van der Waals surface area contributed by atoms with Crippen LogP contribution in [0.15, 0.2) is 109 Å².